The average molecular weight is 513 g/mol. The summed E-state index contributed by atoms with van der Waals surface area (Å²) in [6.45, 7) is 3.42. The molecule has 12 nitrogen and oxygen atoms in total. The molecule has 13 heteroatoms. The summed E-state index contributed by atoms with van der Waals surface area (Å²) in [6, 6.07) is 15.8. The topological polar surface area (TPSA) is 152 Å². The van der Waals surface area contributed by atoms with E-state index in [0.717, 1.165) is 0 Å². The van der Waals surface area contributed by atoms with Gasteiger partial charge >= 0.3 is 0 Å². The summed E-state index contributed by atoms with van der Waals surface area (Å²) in [5.41, 5.74) is 2.62. The molecule has 2 aromatic heterocycles. The van der Waals surface area contributed by atoms with Crippen LogP contribution < -0.4 is 0 Å². The number of benzene rings is 3. The summed E-state index contributed by atoms with van der Waals surface area (Å²) < 4.78 is 14.3. The molecule has 0 aliphatic rings. The molecule has 38 heavy (non-hydrogen) atoms. The first-order valence-corrected chi connectivity index (χ1v) is 11.4. The van der Waals surface area contributed by atoms with Crippen molar-refractivity contribution in [1.82, 2.24) is 40.6 Å². The molecule has 0 saturated carbocycles. The van der Waals surface area contributed by atoms with Crippen LogP contribution in [0.1, 0.15) is 45.4 Å². The minimum absolute atomic E-state index is 0.0437. The first-order chi connectivity index (χ1) is 18.4. The van der Waals surface area contributed by atoms with E-state index >= 15 is 0 Å². The van der Waals surface area contributed by atoms with Crippen molar-refractivity contribution >= 4 is 12.4 Å². The summed E-state index contributed by atoms with van der Waals surface area (Å²) in [5.74, 6) is -0.283. The maximum atomic E-state index is 14.3. The molecule has 0 bridgehead atoms. The number of halogens is 1. The third-order valence-corrected chi connectivity index (χ3v) is 5.75. The first kappa shape index (κ1) is 24.4. The van der Waals surface area contributed by atoms with E-state index in [1.54, 1.807) is 50.2 Å². The lowest BCUT2D eigenvalue weighted by Crippen LogP contribution is -2.07. The van der Waals surface area contributed by atoms with Crippen molar-refractivity contribution in [2.75, 3.05) is 0 Å². The number of aromatic hydroxyl groups is 2. The van der Waals surface area contributed by atoms with E-state index in [4.69, 9.17) is 0 Å². The van der Waals surface area contributed by atoms with E-state index in [1.807, 2.05) is 0 Å². The molecule has 2 heterocycles. The molecule has 0 saturated heterocycles. The van der Waals surface area contributed by atoms with Crippen molar-refractivity contribution in [3.8, 4) is 11.5 Å². The van der Waals surface area contributed by atoms with E-state index in [1.165, 1.54) is 46.3 Å². The van der Waals surface area contributed by atoms with Gasteiger partial charge in [0.1, 0.15) is 17.3 Å². The second-order valence-corrected chi connectivity index (χ2v) is 8.34. The number of phenolic OH excluding ortho intramolecular Hbond substituents is 2. The predicted molar refractivity (Wildman–Crippen MR) is 135 cm³/mol. The molecule has 3 aromatic carbocycles. The van der Waals surface area contributed by atoms with E-state index in [9.17, 15) is 14.6 Å². The normalized spacial score (nSPS) is 12.5. The van der Waals surface area contributed by atoms with Gasteiger partial charge in [-0.05, 0) is 99.9 Å². The lowest BCUT2D eigenvalue weighted by Gasteiger charge is -2.22. The van der Waals surface area contributed by atoms with Gasteiger partial charge < -0.3 is 10.2 Å². The molecule has 0 amide bonds. The number of rotatable bonds is 7. The van der Waals surface area contributed by atoms with Crippen LogP contribution >= 0.6 is 0 Å². The van der Waals surface area contributed by atoms with Crippen LogP contribution in [0.15, 0.2) is 70.9 Å². The fourth-order valence-corrected chi connectivity index (χ4v) is 3.89. The highest BCUT2D eigenvalue weighted by atomic mass is 19.1. The quantitative estimate of drug-likeness (QED) is 0.249. The lowest BCUT2D eigenvalue weighted by atomic mass is 9.83. The lowest BCUT2D eigenvalue weighted by molar-refractivity contribution is 0.458. The molecule has 0 spiro atoms. The van der Waals surface area contributed by atoms with Crippen molar-refractivity contribution in [1.29, 1.82) is 0 Å². The van der Waals surface area contributed by atoms with Crippen molar-refractivity contribution in [2.45, 2.75) is 19.8 Å². The second kappa shape index (κ2) is 10.3. The molecular formula is C25H21FN10O2. The number of aromatic nitrogens is 8. The molecule has 190 valence electrons. The Morgan fingerprint density at radius 3 is 1.74 bits per heavy atom. The zero-order valence-electron chi connectivity index (χ0n) is 20.3. The Labute approximate surface area is 215 Å². The Morgan fingerprint density at radius 1 is 0.763 bits per heavy atom. The van der Waals surface area contributed by atoms with Gasteiger partial charge in [0.25, 0.3) is 0 Å². The predicted octanol–water partition coefficient (Wildman–Crippen LogP) is 2.77. The molecule has 0 aliphatic heterocycles. The fraction of sp³-hybridized carbons (Fsp3) is 0.120. The van der Waals surface area contributed by atoms with Crippen molar-refractivity contribution in [2.24, 2.45) is 10.2 Å². The highest BCUT2D eigenvalue weighted by Gasteiger charge is 2.24. The molecule has 0 aliphatic carbocycles. The standard InChI is InChI=1S/C25H21FN10O2/c1-15-29-31-33-35(15)27-13-17-6-8-23(37)21(10-17)25(19-4-3-5-20(26)12-19)22-11-18(7-9-24(22)38)14-28-36-16(2)30-32-34-36/h3-14,25,37-38H,1-2H3. The molecule has 0 unspecified atom stereocenters. The van der Waals surface area contributed by atoms with E-state index in [0.29, 0.717) is 39.5 Å². The second-order valence-electron chi connectivity index (χ2n) is 8.34. The van der Waals surface area contributed by atoms with Crippen LogP contribution in [-0.4, -0.2) is 63.3 Å². The summed E-state index contributed by atoms with van der Waals surface area (Å²) in [6.07, 6.45) is 3.07. The average Bonchev–Trinajstić information content (AvgIpc) is 3.51. The largest absolute Gasteiger partial charge is 0.508 e. The highest BCUT2D eigenvalue weighted by Crippen LogP contribution is 2.41. The number of aryl methyl sites for hydroxylation is 2. The smallest absolute Gasteiger partial charge is 0.173 e. The van der Waals surface area contributed by atoms with Crippen molar-refractivity contribution in [3.63, 3.8) is 0 Å². The Hall–Kier alpha value is -5.33. The van der Waals surface area contributed by atoms with Crippen LogP contribution in [0, 0.1) is 19.7 Å². The van der Waals surface area contributed by atoms with E-state index in [-0.39, 0.29) is 11.5 Å². The molecule has 5 rings (SSSR count). The Balaban J connectivity index is 1.61. The fourth-order valence-electron chi connectivity index (χ4n) is 3.89. The zero-order chi connectivity index (χ0) is 26.6. The number of tetrazole rings is 2. The van der Waals surface area contributed by atoms with Gasteiger partial charge in [-0.3, -0.25) is 0 Å². The highest BCUT2D eigenvalue weighted by molar-refractivity contribution is 5.82. The molecule has 0 atom stereocenters. The maximum absolute atomic E-state index is 14.3. The number of hydrogen-bond acceptors (Lipinski definition) is 10. The van der Waals surface area contributed by atoms with Gasteiger partial charge in [0.15, 0.2) is 11.6 Å². The Morgan fingerprint density at radius 2 is 1.29 bits per heavy atom. The van der Waals surface area contributed by atoms with Gasteiger partial charge in [-0.25, -0.2) is 4.39 Å². The zero-order valence-corrected chi connectivity index (χ0v) is 20.3. The van der Waals surface area contributed by atoms with Crippen LogP contribution in [0.4, 0.5) is 4.39 Å². The van der Waals surface area contributed by atoms with Crippen LogP contribution in [0.3, 0.4) is 0 Å². The third-order valence-electron chi connectivity index (χ3n) is 5.75. The molecule has 5 aromatic rings. The summed E-state index contributed by atoms with van der Waals surface area (Å²) in [4.78, 5) is 2.52. The van der Waals surface area contributed by atoms with Crippen LogP contribution in [0.5, 0.6) is 11.5 Å². The van der Waals surface area contributed by atoms with Gasteiger partial charge in [-0.1, -0.05) is 12.1 Å². The molecule has 0 radical (unpaired) electrons. The SMILES string of the molecule is Cc1nnnn1N=Cc1ccc(O)c(C(c2cccc(F)c2)c2cc(C=Nn3nnnc3C)ccc2O)c1. The summed E-state index contributed by atoms with van der Waals surface area (Å²) in [7, 11) is 0. The van der Waals surface area contributed by atoms with Gasteiger partial charge in [-0.2, -0.15) is 10.2 Å². The van der Waals surface area contributed by atoms with Crippen molar-refractivity contribution < 1.29 is 14.6 Å². The van der Waals surface area contributed by atoms with Crippen molar-refractivity contribution in [3.05, 3.63) is 106 Å². The van der Waals surface area contributed by atoms with Crippen LogP contribution in [0.25, 0.3) is 0 Å². The summed E-state index contributed by atoms with van der Waals surface area (Å²) >= 11 is 0. The molecular weight excluding hydrogens is 491 g/mol. The third kappa shape index (κ3) is 5.11. The monoisotopic (exact) mass is 512 g/mol. The van der Waals surface area contributed by atoms with Gasteiger partial charge in [-0.15, -0.1) is 19.8 Å². The van der Waals surface area contributed by atoms with E-state index < -0.39 is 11.7 Å². The maximum Gasteiger partial charge on any atom is 0.173 e. The van der Waals surface area contributed by atoms with E-state index in [2.05, 4.69) is 41.3 Å². The minimum Gasteiger partial charge on any atom is -0.508 e. The first-order valence-electron chi connectivity index (χ1n) is 11.4. The number of nitrogens with zero attached hydrogens (tertiary/aromatic N) is 10. The molecule has 0 fully saturated rings. The van der Waals surface area contributed by atoms with Gasteiger partial charge in [0.05, 0.1) is 12.4 Å². The number of hydrogen-bond donors (Lipinski definition) is 2. The minimum atomic E-state index is -0.739. The Kier molecular flexibility index (Phi) is 6.63. The summed E-state index contributed by atoms with van der Waals surface area (Å²) in [5, 5.41) is 52.6. The van der Waals surface area contributed by atoms with Gasteiger partial charge in [0, 0.05) is 17.0 Å². The number of phenols is 2. The Bertz CT molecular complexity index is 1560. The molecule has 2 N–H and O–H groups in total. The van der Waals surface area contributed by atoms with Crippen LogP contribution in [0.2, 0.25) is 0 Å². The van der Waals surface area contributed by atoms with Gasteiger partial charge in [0.2, 0.25) is 0 Å². The van der Waals surface area contributed by atoms with Crippen LogP contribution in [-0.2, 0) is 0 Å².